The standard InChI is InChI=1S/C12H12F2N2O/c1-8-4-5-9(12(14)11(8)13)3-2-6-16-10(17)7-15/h4-5H,6-7,15H2,1H3,(H,16,17). The molecule has 0 spiro atoms. The summed E-state index contributed by atoms with van der Waals surface area (Å²) >= 11 is 0. The van der Waals surface area contributed by atoms with E-state index in [0.29, 0.717) is 0 Å². The highest BCUT2D eigenvalue weighted by Crippen LogP contribution is 2.14. The van der Waals surface area contributed by atoms with E-state index in [9.17, 15) is 13.6 Å². The highest BCUT2D eigenvalue weighted by molar-refractivity contribution is 5.77. The van der Waals surface area contributed by atoms with Gasteiger partial charge < -0.3 is 11.1 Å². The van der Waals surface area contributed by atoms with Crippen molar-refractivity contribution in [1.29, 1.82) is 0 Å². The molecule has 1 aromatic rings. The topological polar surface area (TPSA) is 55.1 Å². The maximum atomic E-state index is 13.3. The largest absolute Gasteiger partial charge is 0.344 e. The van der Waals surface area contributed by atoms with Crippen LogP contribution in [0.2, 0.25) is 0 Å². The third-order valence-electron chi connectivity index (χ3n) is 2.06. The van der Waals surface area contributed by atoms with E-state index >= 15 is 0 Å². The molecule has 0 radical (unpaired) electrons. The molecule has 3 N–H and O–H groups in total. The van der Waals surface area contributed by atoms with Gasteiger partial charge in [-0.25, -0.2) is 8.78 Å². The number of hydrogen-bond donors (Lipinski definition) is 2. The van der Waals surface area contributed by atoms with E-state index in [2.05, 4.69) is 17.2 Å². The number of carbonyl (C=O) groups excluding carboxylic acids is 1. The van der Waals surface area contributed by atoms with E-state index in [4.69, 9.17) is 5.73 Å². The second kappa shape index (κ2) is 5.97. The summed E-state index contributed by atoms with van der Waals surface area (Å²) < 4.78 is 26.5. The molecule has 1 rings (SSSR count). The summed E-state index contributed by atoms with van der Waals surface area (Å²) in [6.07, 6.45) is 0. The molecule has 0 unspecified atom stereocenters. The first-order valence-corrected chi connectivity index (χ1v) is 4.96. The molecule has 90 valence electrons. The highest BCUT2D eigenvalue weighted by Gasteiger charge is 2.08. The Bertz CT molecular complexity index is 489. The molecule has 0 saturated carbocycles. The van der Waals surface area contributed by atoms with Crippen molar-refractivity contribution in [2.75, 3.05) is 13.1 Å². The molecule has 0 aromatic heterocycles. The molecule has 5 heteroatoms. The molecular weight excluding hydrogens is 226 g/mol. The predicted molar refractivity (Wildman–Crippen MR) is 60.0 cm³/mol. The van der Waals surface area contributed by atoms with Gasteiger partial charge in [-0.3, -0.25) is 4.79 Å². The average molecular weight is 238 g/mol. The van der Waals surface area contributed by atoms with Gasteiger partial charge in [0.25, 0.3) is 0 Å². The van der Waals surface area contributed by atoms with Gasteiger partial charge in [0, 0.05) is 0 Å². The normalized spacial score (nSPS) is 9.41. The lowest BCUT2D eigenvalue weighted by Crippen LogP contribution is -2.30. The van der Waals surface area contributed by atoms with Crippen molar-refractivity contribution in [2.45, 2.75) is 6.92 Å². The maximum absolute atomic E-state index is 13.3. The van der Waals surface area contributed by atoms with Gasteiger partial charge in [0.1, 0.15) is 0 Å². The first-order valence-electron chi connectivity index (χ1n) is 4.96. The molecule has 0 saturated heterocycles. The van der Waals surface area contributed by atoms with Crippen LogP contribution in [0.4, 0.5) is 8.78 Å². The van der Waals surface area contributed by atoms with Crippen LogP contribution in [0.25, 0.3) is 0 Å². The molecule has 1 aromatic carbocycles. The van der Waals surface area contributed by atoms with Crippen LogP contribution in [-0.4, -0.2) is 19.0 Å². The fourth-order valence-electron chi connectivity index (χ4n) is 1.10. The predicted octanol–water partition coefficient (Wildman–Crippen LogP) is 0.700. The first kappa shape index (κ1) is 13.1. The molecular formula is C12H12F2N2O. The summed E-state index contributed by atoms with van der Waals surface area (Å²) in [4.78, 5) is 10.8. The van der Waals surface area contributed by atoms with Gasteiger partial charge >= 0.3 is 0 Å². The van der Waals surface area contributed by atoms with Crippen LogP contribution in [0, 0.1) is 30.4 Å². The van der Waals surface area contributed by atoms with E-state index in [-0.39, 0.29) is 30.1 Å². The van der Waals surface area contributed by atoms with Crippen LogP contribution in [-0.2, 0) is 4.79 Å². The van der Waals surface area contributed by atoms with Crippen molar-refractivity contribution in [3.8, 4) is 11.8 Å². The number of nitrogens with two attached hydrogens (primary N) is 1. The number of carbonyl (C=O) groups is 1. The Morgan fingerprint density at radius 3 is 2.76 bits per heavy atom. The summed E-state index contributed by atoms with van der Waals surface area (Å²) in [5.74, 6) is 2.73. The Morgan fingerprint density at radius 1 is 1.41 bits per heavy atom. The second-order valence-corrected chi connectivity index (χ2v) is 3.34. The highest BCUT2D eigenvalue weighted by atomic mass is 19.2. The molecule has 0 bridgehead atoms. The lowest BCUT2D eigenvalue weighted by molar-refractivity contribution is -0.119. The van der Waals surface area contributed by atoms with Crippen molar-refractivity contribution in [3.05, 3.63) is 34.9 Å². The van der Waals surface area contributed by atoms with Crippen molar-refractivity contribution in [2.24, 2.45) is 5.73 Å². The van der Waals surface area contributed by atoms with Crippen LogP contribution in [0.15, 0.2) is 12.1 Å². The number of halogens is 2. The van der Waals surface area contributed by atoms with Gasteiger partial charge in [-0.2, -0.15) is 0 Å². The fraction of sp³-hybridized carbons (Fsp3) is 0.250. The van der Waals surface area contributed by atoms with Crippen LogP contribution in [0.3, 0.4) is 0 Å². The maximum Gasteiger partial charge on any atom is 0.234 e. The molecule has 0 aliphatic carbocycles. The number of amides is 1. The quantitative estimate of drug-likeness (QED) is 0.745. The Morgan fingerprint density at radius 2 is 2.12 bits per heavy atom. The van der Waals surface area contributed by atoms with E-state index in [0.717, 1.165) is 0 Å². The van der Waals surface area contributed by atoms with Crippen LogP contribution in [0.1, 0.15) is 11.1 Å². The molecule has 0 fully saturated rings. The van der Waals surface area contributed by atoms with Crippen LogP contribution < -0.4 is 11.1 Å². The van der Waals surface area contributed by atoms with E-state index < -0.39 is 11.6 Å². The van der Waals surface area contributed by atoms with E-state index in [1.807, 2.05) is 0 Å². The minimum atomic E-state index is -0.970. The third kappa shape index (κ3) is 3.54. The van der Waals surface area contributed by atoms with Crippen molar-refractivity contribution >= 4 is 5.91 Å². The Labute approximate surface area is 98.0 Å². The molecule has 0 heterocycles. The summed E-state index contributed by atoms with van der Waals surface area (Å²) in [5, 5.41) is 2.39. The molecule has 17 heavy (non-hydrogen) atoms. The fourth-order valence-corrected chi connectivity index (χ4v) is 1.10. The Hall–Kier alpha value is -1.93. The summed E-state index contributed by atoms with van der Waals surface area (Å²) in [6, 6.07) is 2.84. The van der Waals surface area contributed by atoms with Crippen molar-refractivity contribution < 1.29 is 13.6 Å². The zero-order valence-electron chi connectivity index (χ0n) is 9.31. The minimum absolute atomic E-state index is 0.0323. The minimum Gasteiger partial charge on any atom is -0.344 e. The number of hydrogen-bond acceptors (Lipinski definition) is 2. The smallest absolute Gasteiger partial charge is 0.234 e. The lowest BCUT2D eigenvalue weighted by atomic mass is 10.1. The van der Waals surface area contributed by atoms with E-state index in [1.165, 1.54) is 19.1 Å². The zero-order chi connectivity index (χ0) is 12.8. The summed E-state index contributed by atoms with van der Waals surface area (Å²) in [6.45, 7) is 1.39. The summed E-state index contributed by atoms with van der Waals surface area (Å²) in [5.41, 5.74) is 5.25. The first-order chi connectivity index (χ1) is 8.06. The van der Waals surface area contributed by atoms with Gasteiger partial charge in [-0.05, 0) is 18.6 Å². The number of aryl methyl sites for hydroxylation is 1. The SMILES string of the molecule is Cc1ccc(C#CCNC(=O)CN)c(F)c1F. The zero-order valence-corrected chi connectivity index (χ0v) is 9.31. The Kier molecular flexibility index (Phi) is 4.61. The molecule has 0 aliphatic rings. The van der Waals surface area contributed by atoms with Gasteiger partial charge in [0.15, 0.2) is 11.6 Å². The van der Waals surface area contributed by atoms with Crippen molar-refractivity contribution in [3.63, 3.8) is 0 Å². The van der Waals surface area contributed by atoms with Crippen LogP contribution in [0.5, 0.6) is 0 Å². The number of rotatable bonds is 2. The monoisotopic (exact) mass is 238 g/mol. The van der Waals surface area contributed by atoms with Gasteiger partial charge in [-0.1, -0.05) is 17.9 Å². The molecule has 0 atom stereocenters. The number of nitrogens with one attached hydrogen (secondary N) is 1. The molecule has 3 nitrogen and oxygen atoms in total. The molecule has 1 amide bonds. The Balaban J connectivity index is 2.73. The average Bonchev–Trinajstić information content (AvgIpc) is 2.33. The van der Waals surface area contributed by atoms with Crippen LogP contribution >= 0.6 is 0 Å². The summed E-state index contributed by atoms with van der Waals surface area (Å²) in [7, 11) is 0. The lowest BCUT2D eigenvalue weighted by Gasteiger charge is -1.99. The number of benzene rings is 1. The third-order valence-corrected chi connectivity index (χ3v) is 2.06. The van der Waals surface area contributed by atoms with Gasteiger partial charge in [0.05, 0.1) is 18.7 Å². The van der Waals surface area contributed by atoms with Gasteiger partial charge in [0.2, 0.25) is 5.91 Å². The van der Waals surface area contributed by atoms with Gasteiger partial charge in [-0.15, -0.1) is 0 Å². The second-order valence-electron chi connectivity index (χ2n) is 3.34. The van der Waals surface area contributed by atoms with Crippen molar-refractivity contribution in [1.82, 2.24) is 5.32 Å². The molecule has 0 aliphatic heterocycles. The van der Waals surface area contributed by atoms with E-state index in [1.54, 1.807) is 0 Å².